The van der Waals surface area contributed by atoms with Crippen LogP contribution in [0, 0.1) is 0 Å². The first kappa shape index (κ1) is 14.2. The third-order valence-electron chi connectivity index (χ3n) is 2.32. The van der Waals surface area contributed by atoms with E-state index in [0.717, 1.165) is 5.69 Å². The molecule has 100 valence electrons. The number of aromatic nitrogens is 2. The van der Waals surface area contributed by atoms with Crippen LogP contribution in [0.1, 0.15) is 18.5 Å². The van der Waals surface area contributed by atoms with Crippen molar-refractivity contribution in [1.29, 1.82) is 0 Å². The second kappa shape index (κ2) is 7.44. The zero-order valence-corrected chi connectivity index (χ0v) is 10.2. The van der Waals surface area contributed by atoms with Gasteiger partial charge < -0.3 is 20.1 Å². The van der Waals surface area contributed by atoms with E-state index in [2.05, 4.69) is 15.3 Å². The smallest absolute Gasteiger partial charge is 0.303 e. The predicted molar refractivity (Wildman–Crippen MR) is 63.0 cm³/mol. The SMILES string of the molecule is COCC(Cc1cnc[nH]1)NC(=O)CCC(=O)O. The zero-order valence-electron chi connectivity index (χ0n) is 10.2. The fourth-order valence-electron chi connectivity index (χ4n) is 1.53. The molecule has 0 radical (unpaired) electrons. The minimum atomic E-state index is -0.984. The van der Waals surface area contributed by atoms with Gasteiger partial charge in [0.25, 0.3) is 0 Å². The van der Waals surface area contributed by atoms with E-state index in [1.165, 1.54) is 0 Å². The van der Waals surface area contributed by atoms with Crippen LogP contribution in [0.4, 0.5) is 0 Å². The summed E-state index contributed by atoms with van der Waals surface area (Å²) in [7, 11) is 1.55. The first-order chi connectivity index (χ1) is 8.61. The minimum Gasteiger partial charge on any atom is -0.481 e. The summed E-state index contributed by atoms with van der Waals surface area (Å²) in [6.45, 7) is 0.359. The molecular weight excluding hydrogens is 238 g/mol. The van der Waals surface area contributed by atoms with Crippen molar-refractivity contribution in [3.8, 4) is 0 Å². The summed E-state index contributed by atoms with van der Waals surface area (Å²) in [5.74, 6) is -1.28. The van der Waals surface area contributed by atoms with Crippen molar-refractivity contribution in [3.05, 3.63) is 18.2 Å². The van der Waals surface area contributed by atoms with Crippen LogP contribution in [-0.2, 0) is 20.7 Å². The Kier molecular flexibility index (Phi) is 5.86. The first-order valence-corrected chi connectivity index (χ1v) is 5.59. The highest BCUT2D eigenvalue weighted by Gasteiger charge is 2.14. The van der Waals surface area contributed by atoms with Gasteiger partial charge in [0.1, 0.15) is 0 Å². The molecule has 0 fully saturated rings. The van der Waals surface area contributed by atoms with Gasteiger partial charge in [0, 0.05) is 31.8 Å². The Hall–Kier alpha value is -1.89. The molecular formula is C11H17N3O4. The highest BCUT2D eigenvalue weighted by molar-refractivity contribution is 5.80. The monoisotopic (exact) mass is 255 g/mol. The van der Waals surface area contributed by atoms with E-state index in [0.29, 0.717) is 13.0 Å². The topological polar surface area (TPSA) is 104 Å². The van der Waals surface area contributed by atoms with Crippen LogP contribution in [0.5, 0.6) is 0 Å². The molecule has 1 aromatic rings. The van der Waals surface area contributed by atoms with E-state index in [1.807, 2.05) is 0 Å². The number of aromatic amines is 1. The van der Waals surface area contributed by atoms with Crippen molar-refractivity contribution in [2.45, 2.75) is 25.3 Å². The number of imidazole rings is 1. The van der Waals surface area contributed by atoms with Crippen LogP contribution < -0.4 is 5.32 Å². The van der Waals surface area contributed by atoms with Gasteiger partial charge in [-0.15, -0.1) is 0 Å². The van der Waals surface area contributed by atoms with Crippen molar-refractivity contribution in [3.63, 3.8) is 0 Å². The number of carbonyl (C=O) groups excluding carboxylic acids is 1. The molecule has 0 aliphatic rings. The van der Waals surface area contributed by atoms with Gasteiger partial charge in [-0.2, -0.15) is 0 Å². The number of carboxylic acids is 1. The third-order valence-corrected chi connectivity index (χ3v) is 2.32. The summed E-state index contributed by atoms with van der Waals surface area (Å²) in [4.78, 5) is 28.7. The average molecular weight is 255 g/mol. The molecule has 7 heteroatoms. The Labute approximate surface area is 105 Å². The normalized spacial score (nSPS) is 12.1. The number of carboxylic acid groups (broad SMARTS) is 1. The molecule has 0 spiro atoms. The van der Waals surface area contributed by atoms with Gasteiger partial charge in [0.05, 0.1) is 25.4 Å². The maximum atomic E-state index is 11.5. The maximum absolute atomic E-state index is 11.5. The lowest BCUT2D eigenvalue weighted by Gasteiger charge is -2.16. The summed E-state index contributed by atoms with van der Waals surface area (Å²) in [6.07, 6.45) is 3.60. The molecule has 0 bridgehead atoms. The van der Waals surface area contributed by atoms with E-state index >= 15 is 0 Å². The number of amides is 1. The van der Waals surface area contributed by atoms with Crippen molar-refractivity contribution in [2.24, 2.45) is 0 Å². The molecule has 0 saturated carbocycles. The van der Waals surface area contributed by atoms with Crippen molar-refractivity contribution in [2.75, 3.05) is 13.7 Å². The maximum Gasteiger partial charge on any atom is 0.303 e. The molecule has 1 heterocycles. The summed E-state index contributed by atoms with van der Waals surface area (Å²) in [5.41, 5.74) is 0.885. The summed E-state index contributed by atoms with van der Waals surface area (Å²) in [5, 5.41) is 11.2. The summed E-state index contributed by atoms with van der Waals surface area (Å²) in [6, 6.07) is -0.197. The number of nitrogens with one attached hydrogen (secondary N) is 2. The van der Waals surface area contributed by atoms with Crippen molar-refractivity contribution in [1.82, 2.24) is 15.3 Å². The van der Waals surface area contributed by atoms with E-state index in [-0.39, 0.29) is 24.8 Å². The number of aliphatic carboxylic acids is 1. The number of ether oxygens (including phenoxy) is 1. The number of rotatable bonds is 8. The number of hydrogen-bond donors (Lipinski definition) is 3. The molecule has 1 atom stereocenters. The molecule has 18 heavy (non-hydrogen) atoms. The highest BCUT2D eigenvalue weighted by atomic mass is 16.5. The fraction of sp³-hybridized carbons (Fsp3) is 0.545. The molecule has 7 nitrogen and oxygen atoms in total. The van der Waals surface area contributed by atoms with Crippen LogP contribution in [-0.4, -0.2) is 46.7 Å². The number of hydrogen-bond acceptors (Lipinski definition) is 4. The molecule has 1 rings (SSSR count). The summed E-state index contributed by atoms with van der Waals surface area (Å²) >= 11 is 0. The number of H-pyrrole nitrogens is 1. The van der Waals surface area contributed by atoms with E-state index in [4.69, 9.17) is 9.84 Å². The molecule has 1 aromatic heterocycles. The largest absolute Gasteiger partial charge is 0.481 e. The molecule has 1 amide bonds. The van der Waals surface area contributed by atoms with Crippen LogP contribution in [0.15, 0.2) is 12.5 Å². The Morgan fingerprint density at radius 2 is 2.33 bits per heavy atom. The quantitative estimate of drug-likeness (QED) is 0.604. The van der Waals surface area contributed by atoms with Gasteiger partial charge in [-0.05, 0) is 0 Å². The lowest BCUT2D eigenvalue weighted by Crippen LogP contribution is -2.39. The van der Waals surface area contributed by atoms with Crippen LogP contribution in [0.25, 0.3) is 0 Å². The Morgan fingerprint density at radius 3 is 2.89 bits per heavy atom. The lowest BCUT2D eigenvalue weighted by atomic mass is 10.1. The molecule has 0 aromatic carbocycles. The minimum absolute atomic E-state index is 0.0292. The standard InChI is InChI=1S/C11H17N3O4/c1-18-6-9(4-8-5-12-7-13-8)14-10(15)2-3-11(16)17/h5,7,9H,2-4,6H2,1H3,(H,12,13)(H,14,15)(H,16,17). The molecule has 0 aliphatic carbocycles. The second-order valence-corrected chi connectivity index (χ2v) is 3.89. The van der Waals surface area contributed by atoms with Gasteiger partial charge in [-0.3, -0.25) is 9.59 Å². The number of nitrogens with zero attached hydrogens (tertiary/aromatic N) is 1. The summed E-state index contributed by atoms with van der Waals surface area (Å²) < 4.78 is 5.01. The van der Waals surface area contributed by atoms with Crippen molar-refractivity contribution < 1.29 is 19.4 Å². The zero-order chi connectivity index (χ0) is 13.4. The van der Waals surface area contributed by atoms with Gasteiger partial charge in [0.2, 0.25) is 5.91 Å². The highest BCUT2D eigenvalue weighted by Crippen LogP contribution is 2.00. The van der Waals surface area contributed by atoms with Gasteiger partial charge in [0.15, 0.2) is 0 Å². The van der Waals surface area contributed by atoms with Crippen LogP contribution in [0.2, 0.25) is 0 Å². The van der Waals surface area contributed by atoms with Crippen LogP contribution in [0.3, 0.4) is 0 Å². The number of methoxy groups -OCH3 is 1. The first-order valence-electron chi connectivity index (χ1n) is 5.59. The predicted octanol–water partition coefficient (Wildman–Crippen LogP) is -0.0518. The Morgan fingerprint density at radius 1 is 1.56 bits per heavy atom. The van der Waals surface area contributed by atoms with Gasteiger partial charge >= 0.3 is 5.97 Å². The number of carbonyl (C=O) groups is 2. The molecule has 1 unspecified atom stereocenters. The van der Waals surface area contributed by atoms with E-state index < -0.39 is 5.97 Å². The van der Waals surface area contributed by atoms with E-state index in [1.54, 1.807) is 19.6 Å². The van der Waals surface area contributed by atoms with Crippen LogP contribution >= 0.6 is 0 Å². The van der Waals surface area contributed by atoms with E-state index in [9.17, 15) is 9.59 Å². The molecule has 3 N–H and O–H groups in total. The lowest BCUT2D eigenvalue weighted by molar-refractivity contribution is -0.139. The van der Waals surface area contributed by atoms with Gasteiger partial charge in [-0.25, -0.2) is 4.98 Å². The Balaban J connectivity index is 2.41. The second-order valence-electron chi connectivity index (χ2n) is 3.89. The van der Waals surface area contributed by atoms with Crippen molar-refractivity contribution >= 4 is 11.9 Å². The average Bonchev–Trinajstić information content (AvgIpc) is 2.79. The van der Waals surface area contributed by atoms with Gasteiger partial charge in [-0.1, -0.05) is 0 Å². The fourth-order valence-corrected chi connectivity index (χ4v) is 1.53. The molecule has 0 saturated heterocycles. The molecule has 0 aliphatic heterocycles. The Bertz CT molecular complexity index is 378. The third kappa shape index (κ3) is 5.44.